The molecule has 1 aromatic heterocycles. The number of aromatic nitrogens is 2. The van der Waals surface area contributed by atoms with Crippen molar-refractivity contribution in [2.45, 2.75) is 33.2 Å². The fraction of sp³-hybridized carbons (Fsp3) is 0.545. The van der Waals surface area contributed by atoms with E-state index in [1.165, 1.54) is 0 Å². The van der Waals surface area contributed by atoms with Crippen molar-refractivity contribution in [3.63, 3.8) is 0 Å². The lowest BCUT2D eigenvalue weighted by atomic mass is 10.1. The molecule has 100 valence electrons. The summed E-state index contributed by atoms with van der Waals surface area (Å²) >= 11 is 1.89. The first-order valence-corrected chi connectivity index (χ1v) is 6.83. The molecule has 7 heteroatoms. The molecule has 0 bridgehead atoms. The maximum absolute atomic E-state index is 7.72. The number of nitrogens with zero attached hydrogens (tertiary/aromatic N) is 2. The summed E-state index contributed by atoms with van der Waals surface area (Å²) in [6.45, 7) is 6.37. The highest BCUT2D eigenvalue weighted by Crippen LogP contribution is 2.24. The van der Waals surface area contributed by atoms with Crippen LogP contribution < -0.4 is 16.8 Å². The molecule has 0 amide bonds. The molecule has 18 heavy (non-hydrogen) atoms. The van der Waals surface area contributed by atoms with E-state index in [1.54, 1.807) is 0 Å². The molecule has 0 aromatic carbocycles. The van der Waals surface area contributed by atoms with Crippen LogP contribution in [0.15, 0.2) is 0 Å². The molecule has 6 N–H and O–H groups in total. The van der Waals surface area contributed by atoms with Crippen molar-refractivity contribution in [2.24, 2.45) is 5.92 Å². The van der Waals surface area contributed by atoms with Gasteiger partial charge in [0.2, 0.25) is 5.95 Å². The summed E-state index contributed by atoms with van der Waals surface area (Å²) in [5.74, 6) is 1.47. The standard InChI is InChI=1S/C11H19IN6/c1-5(2)4-6(3)16-10-7(8(12)13)9(14)17-11(15)18-10/h5-6,13H,4H2,1-3H3,(H5,14,15,16,17,18)/t6-/m0/s1. The van der Waals surface area contributed by atoms with Crippen LogP contribution in [0.25, 0.3) is 0 Å². The largest absolute Gasteiger partial charge is 0.383 e. The van der Waals surface area contributed by atoms with Crippen molar-refractivity contribution in [1.29, 1.82) is 5.41 Å². The Balaban J connectivity index is 3.03. The predicted octanol–water partition coefficient (Wildman–Crippen LogP) is 2.25. The second-order valence-electron chi connectivity index (χ2n) is 4.68. The zero-order chi connectivity index (χ0) is 13.9. The summed E-state index contributed by atoms with van der Waals surface area (Å²) in [6.07, 6.45) is 0.998. The molecule has 6 nitrogen and oxygen atoms in total. The van der Waals surface area contributed by atoms with Gasteiger partial charge in [0, 0.05) is 6.04 Å². The fourth-order valence-corrected chi connectivity index (χ4v) is 2.35. The Labute approximate surface area is 121 Å². The lowest BCUT2D eigenvalue weighted by Gasteiger charge is -2.19. The van der Waals surface area contributed by atoms with E-state index in [-0.39, 0.29) is 17.8 Å². The quantitative estimate of drug-likeness (QED) is 0.474. The molecule has 1 heterocycles. The first-order chi connectivity index (χ1) is 8.31. The Morgan fingerprint density at radius 1 is 1.33 bits per heavy atom. The van der Waals surface area contributed by atoms with E-state index in [0.29, 0.717) is 21.0 Å². The third kappa shape index (κ3) is 3.97. The lowest BCUT2D eigenvalue weighted by Crippen LogP contribution is -2.21. The van der Waals surface area contributed by atoms with Crippen LogP contribution in [0.1, 0.15) is 32.8 Å². The number of rotatable bonds is 5. The first kappa shape index (κ1) is 14.9. The number of hydrogen-bond acceptors (Lipinski definition) is 6. The van der Waals surface area contributed by atoms with Crippen LogP contribution in [-0.2, 0) is 0 Å². The van der Waals surface area contributed by atoms with Gasteiger partial charge in [0.15, 0.2) is 0 Å². The molecule has 0 radical (unpaired) electrons. The Morgan fingerprint density at radius 2 is 1.94 bits per heavy atom. The van der Waals surface area contributed by atoms with E-state index in [4.69, 9.17) is 16.9 Å². The van der Waals surface area contributed by atoms with Crippen LogP contribution in [0.3, 0.4) is 0 Å². The minimum absolute atomic E-state index is 0.119. The average Bonchev–Trinajstić information content (AvgIpc) is 2.12. The number of nitrogens with one attached hydrogen (secondary N) is 2. The summed E-state index contributed by atoms with van der Waals surface area (Å²) < 4.78 is 0.296. The molecular weight excluding hydrogens is 343 g/mol. The van der Waals surface area contributed by atoms with Gasteiger partial charge in [0.05, 0.1) is 5.56 Å². The maximum atomic E-state index is 7.72. The van der Waals surface area contributed by atoms with Gasteiger partial charge in [-0.1, -0.05) is 13.8 Å². The number of nitrogen functional groups attached to an aromatic ring is 2. The molecule has 0 aliphatic rings. The molecule has 1 aromatic rings. The topological polar surface area (TPSA) is 114 Å². The van der Waals surface area contributed by atoms with E-state index >= 15 is 0 Å². The number of hydrogen-bond donors (Lipinski definition) is 4. The first-order valence-electron chi connectivity index (χ1n) is 5.75. The van der Waals surface area contributed by atoms with Gasteiger partial charge >= 0.3 is 0 Å². The summed E-state index contributed by atoms with van der Waals surface area (Å²) in [4.78, 5) is 8.01. The Morgan fingerprint density at radius 3 is 2.44 bits per heavy atom. The normalized spacial score (nSPS) is 12.5. The van der Waals surface area contributed by atoms with E-state index in [9.17, 15) is 0 Å². The SMILES string of the molecule is CC(C)C[C@H](C)Nc1nc(N)nc(N)c1C(=N)I. The van der Waals surface area contributed by atoms with Crippen LogP contribution in [0.4, 0.5) is 17.6 Å². The van der Waals surface area contributed by atoms with Gasteiger partial charge in [-0.25, -0.2) is 0 Å². The van der Waals surface area contributed by atoms with Gasteiger partial charge in [-0.3, -0.25) is 5.41 Å². The molecule has 0 saturated carbocycles. The molecule has 0 saturated heterocycles. The highest BCUT2D eigenvalue weighted by Gasteiger charge is 2.16. The van der Waals surface area contributed by atoms with Gasteiger partial charge in [-0.05, 0) is 41.9 Å². The molecule has 0 aliphatic carbocycles. The average molecular weight is 362 g/mol. The Kier molecular flexibility index (Phi) is 5.12. The highest BCUT2D eigenvalue weighted by atomic mass is 127. The van der Waals surface area contributed by atoms with Gasteiger partial charge in [0.25, 0.3) is 0 Å². The zero-order valence-electron chi connectivity index (χ0n) is 10.8. The number of nitrogens with two attached hydrogens (primary N) is 2. The van der Waals surface area contributed by atoms with Gasteiger partial charge in [-0.15, -0.1) is 0 Å². The third-order valence-corrected chi connectivity index (χ3v) is 2.92. The molecular formula is C11H19IN6. The number of halogens is 1. The molecule has 0 unspecified atom stereocenters. The van der Waals surface area contributed by atoms with Crippen molar-refractivity contribution >= 4 is 43.9 Å². The van der Waals surface area contributed by atoms with Crippen LogP contribution in [0.5, 0.6) is 0 Å². The molecule has 0 aliphatic heterocycles. The molecule has 1 rings (SSSR count). The number of anilines is 3. The van der Waals surface area contributed by atoms with Crippen molar-refractivity contribution < 1.29 is 0 Å². The van der Waals surface area contributed by atoms with Crippen LogP contribution in [0.2, 0.25) is 0 Å². The van der Waals surface area contributed by atoms with E-state index in [1.807, 2.05) is 22.6 Å². The lowest BCUT2D eigenvalue weighted by molar-refractivity contribution is 0.539. The minimum Gasteiger partial charge on any atom is -0.383 e. The predicted molar refractivity (Wildman–Crippen MR) is 84.2 cm³/mol. The van der Waals surface area contributed by atoms with Crippen LogP contribution in [-0.4, -0.2) is 19.7 Å². The van der Waals surface area contributed by atoms with Gasteiger partial charge < -0.3 is 16.8 Å². The Bertz CT molecular complexity index is 445. The van der Waals surface area contributed by atoms with Crippen molar-refractivity contribution in [1.82, 2.24) is 9.97 Å². The minimum atomic E-state index is 0.119. The van der Waals surface area contributed by atoms with Crippen molar-refractivity contribution in [3.05, 3.63) is 5.56 Å². The summed E-state index contributed by atoms with van der Waals surface area (Å²) in [5, 5.41) is 11.0. The smallest absolute Gasteiger partial charge is 0.223 e. The summed E-state index contributed by atoms with van der Waals surface area (Å²) in [6, 6.07) is 0.230. The van der Waals surface area contributed by atoms with Crippen LogP contribution >= 0.6 is 22.6 Å². The highest BCUT2D eigenvalue weighted by molar-refractivity contribution is 14.1. The van der Waals surface area contributed by atoms with Gasteiger partial charge in [-0.2, -0.15) is 9.97 Å². The van der Waals surface area contributed by atoms with Crippen molar-refractivity contribution in [2.75, 3.05) is 16.8 Å². The monoisotopic (exact) mass is 362 g/mol. The summed E-state index contributed by atoms with van der Waals surface area (Å²) in [5.41, 5.74) is 11.9. The van der Waals surface area contributed by atoms with E-state index in [2.05, 4.69) is 36.1 Å². The maximum Gasteiger partial charge on any atom is 0.223 e. The molecule has 0 fully saturated rings. The Hall–Kier alpha value is -1.12. The zero-order valence-corrected chi connectivity index (χ0v) is 12.9. The second-order valence-corrected chi connectivity index (χ2v) is 5.76. The van der Waals surface area contributed by atoms with Crippen LogP contribution in [0, 0.1) is 11.3 Å². The summed E-state index contributed by atoms with van der Waals surface area (Å²) in [7, 11) is 0. The molecule has 0 spiro atoms. The second kappa shape index (κ2) is 6.17. The third-order valence-electron chi connectivity index (χ3n) is 2.38. The van der Waals surface area contributed by atoms with Gasteiger partial charge in [0.1, 0.15) is 15.4 Å². The van der Waals surface area contributed by atoms with Crippen molar-refractivity contribution in [3.8, 4) is 0 Å². The molecule has 1 atom stereocenters. The fourth-order valence-electron chi connectivity index (χ4n) is 1.82. The van der Waals surface area contributed by atoms with E-state index in [0.717, 1.165) is 6.42 Å². The van der Waals surface area contributed by atoms with E-state index < -0.39 is 0 Å².